The first-order valence-corrected chi connectivity index (χ1v) is 3.70. The van der Waals surface area contributed by atoms with Gasteiger partial charge in [-0.25, -0.2) is 4.98 Å². The first-order chi connectivity index (χ1) is 4.77. The summed E-state index contributed by atoms with van der Waals surface area (Å²) in [6, 6.07) is 0. The number of aryl methyl sites for hydroxylation is 1. The number of carbonyl (C=O) groups excluding carboxylic acids is 1. The highest BCUT2D eigenvalue weighted by Crippen LogP contribution is 2.19. The maximum absolute atomic E-state index is 10.3. The molecule has 0 atom stereocenters. The molecule has 0 saturated carbocycles. The number of hydrogen-bond donors (Lipinski definition) is 1. The zero-order valence-corrected chi connectivity index (χ0v) is 6.66. The van der Waals surface area contributed by atoms with Crippen molar-refractivity contribution in [2.24, 2.45) is 0 Å². The number of anilines is 1. The summed E-state index contributed by atoms with van der Waals surface area (Å²) in [5.41, 5.74) is 0.796. The zero-order chi connectivity index (χ0) is 7.56. The van der Waals surface area contributed by atoms with Gasteiger partial charge in [0.05, 0.1) is 10.6 Å². The van der Waals surface area contributed by atoms with Crippen molar-refractivity contribution in [3.63, 3.8) is 0 Å². The summed E-state index contributed by atoms with van der Waals surface area (Å²) >= 11 is 1.37. The van der Waals surface area contributed by atoms with E-state index in [0.717, 1.165) is 17.1 Å². The molecule has 54 valence electrons. The van der Waals surface area contributed by atoms with Crippen molar-refractivity contribution >= 4 is 22.8 Å². The molecule has 0 saturated heterocycles. The summed E-state index contributed by atoms with van der Waals surface area (Å²) in [6.07, 6.45) is 0.827. The third-order valence-electron chi connectivity index (χ3n) is 1.15. The van der Waals surface area contributed by atoms with E-state index in [1.54, 1.807) is 7.05 Å². The van der Waals surface area contributed by atoms with Crippen LogP contribution >= 0.6 is 11.3 Å². The van der Waals surface area contributed by atoms with Crippen LogP contribution in [0.15, 0.2) is 0 Å². The second-order valence-electron chi connectivity index (χ2n) is 1.84. The molecule has 0 aromatic carbocycles. The molecule has 0 aliphatic carbocycles. The molecule has 1 aromatic heterocycles. The molecule has 0 fully saturated rings. The van der Waals surface area contributed by atoms with Gasteiger partial charge < -0.3 is 5.32 Å². The Morgan fingerprint density at radius 1 is 1.70 bits per heavy atom. The molecule has 0 spiro atoms. The summed E-state index contributed by atoms with van der Waals surface area (Å²) in [5, 5.41) is 3.66. The Balaban J connectivity index is 3.03. The molecule has 1 heterocycles. The van der Waals surface area contributed by atoms with Crippen LogP contribution in [0.3, 0.4) is 0 Å². The van der Waals surface area contributed by atoms with Crippen LogP contribution in [-0.2, 0) is 0 Å². The summed E-state index contributed by atoms with van der Waals surface area (Å²) in [5.74, 6) is 0. The van der Waals surface area contributed by atoms with Gasteiger partial charge in [0.2, 0.25) is 0 Å². The molecule has 0 unspecified atom stereocenters. The molecule has 0 bridgehead atoms. The van der Waals surface area contributed by atoms with Crippen molar-refractivity contribution in [1.82, 2.24) is 4.98 Å². The lowest BCUT2D eigenvalue weighted by Crippen LogP contribution is -1.85. The van der Waals surface area contributed by atoms with Crippen molar-refractivity contribution in [3.05, 3.63) is 10.6 Å². The second kappa shape index (κ2) is 2.79. The van der Waals surface area contributed by atoms with Crippen molar-refractivity contribution in [3.8, 4) is 0 Å². The van der Waals surface area contributed by atoms with E-state index in [-0.39, 0.29) is 0 Å². The molecular formula is C6H8N2OS. The van der Waals surface area contributed by atoms with E-state index in [1.807, 2.05) is 6.92 Å². The van der Waals surface area contributed by atoms with E-state index in [2.05, 4.69) is 10.3 Å². The minimum absolute atomic E-state index is 0.698. The molecule has 1 N–H and O–H groups in total. The molecule has 0 aliphatic rings. The fourth-order valence-electron chi connectivity index (χ4n) is 0.625. The number of carbonyl (C=O) groups is 1. The van der Waals surface area contributed by atoms with Crippen LogP contribution < -0.4 is 5.32 Å². The van der Waals surface area contributed by atoms with E-state index in [4.69, 9.17) is 0 Å². The molecule has 0 radical (unpaired) electrons. The van der Waals surface area contributed by atoms with Crippen molar-refractivity contribution in [1.29, 1.82) is 0 Å². The van der Waals surface area contributed by atoms with Crippen LogP contribution in [0, 0.1) is 6.92 Å². The van der Waals surface area contributed by atoms with Gasteiger partial charge in [0, 0.05) is 7.05 Å². The van der Waals surface area contributed by atoms with Crippen molar-refractivity contribution in [2.45, 2.75) is 6.92 Å². The number of rotatable bonds is 2. The molecule has 4 heteroatoms. The van der Waals surface area contributed by atoms with E-state index in [1.165, 1.54) is 11.3 Å². The van der Waals surface area contributed by atoms with Crippen LogP contribution in [-0.4, -0.2) is 18.3 Å². The standard InChI is InChI=1S/C6H8N2OS/c1-4-5(3-9)10-6(7-2)8-4/h3H,1-2H3,(H,7,8). The average Bonchev–Trinajstić information content (AvgIpc) is 2.30. The predicted octanol–water partition coefficient (Wildman–Crippen LogP) is 1.31. The number of hydrogen-bond acceptors (Lipinski definition) is 4. The van der Waals surface area contributed by atoms with Gasteiger partial charge in [-0.3, -0.25) is 4.79 Å². The number of nitrogens with one attached hydrogen (secondary N) is 1. The fraction of sp³-hybridized carbons (Fsp3) is 0.333. The Morgan fingerprint density at radius 3 is 2.70 bits per heavy atom. The van der Waals surface area contributed by atoms with Gasteiger partial charge in [-0.2, -0.15) is 0 Å². The smallest absolute Gasteiger partial charge is 0.183 e. The topological polar surface area (TPSA) is 42.0 Å². The third-order valence-corrected chi connectivity index (χ3v) is 2.25. The number of thiazole rings is 1. The zero-order valence-electron chi connectivity index (χ0n) is 5.84. The molecule has 1 rings (SSSR count). The Kier molecular flexibility index (Phi) is 2.01. The monoisotopic (exact) mass is 156 g/mol. The normalized spacial score (nSPS) is 9.40. The molecule has 10 heavy (non-hydrogen) atoms. The summed E-state index contributed by atoms with van der Waals surface area (Å²) in [7, 11) is 1.78. The van der Waals surface area contributed by atoms with E-state index < -0.39 is 0 Å². The fourth-order valence-corrected chi connectivity index (χ4v) is 1.36. The van der Waals surface area contributed by atoms with Gasteiger partial charge in [-0.15, -0.1) is 0 Å². The van der Waals surface area contributed by atoms with E-state index >= 15 is 0 Å². The largest absolute Gasteiger partial charge is 0.365 e. The van der Waals surface area contributed by atoms with Crippen LogP contribution in [0.1, 0.15) is 15.4 Å². The number of nitrogens with zero attached hydrogens (tertiary/aromatic N) is 1. The summed E-state index contributed by atoms with van der Waals surface area (Å²) in [6.45, 7) is 1.82. The second-order valence-corrected chi connectivity index (χ2v) is 2.87. The predicted molar refractivity (Wildman–Crippen MR) is 41.8 cm³/mol. The highest BCUT2D eigenvalue weighted by Gasteiger charge is 2.03. The average molecular weight is 156 g/mol. The summed E-state index contributed by atoms with van der Waals surface area (Å²) < 4.78 is 0. The first kappa shape index (κ1) is 7.21. The Hall–Kier alpha value is -0.900. The number of aromatic nitrogens is 1. The lowest BCUT2D eigenvalue weighted by molar-refractivity contribution is 0.112. The van der Waals surface area contributed by atoms with Crippen LogP contribution in [0.4, 0.5) is 5.13 Å². The highest BCUT2D eigenvalue weighted by atomic mass is 32.1. The number of aldehydes is 1. The maximum atomic E-state index is 10.3. The molecule has 0 aliphatic heterocycles. The molecular weight excluding hydrogens is 148 g/mol. The minimum Gasteiger partial charge on any atom is -0.365 e. The lowest BCUT2D eigenvalue weighted by atomic mass is 10.4. The Morgan fingerprint density at radius 2 is 2.40 bits per heavy atom. The van der Waals surface area contributed by atoms with Crippen LogP contribution in [0.5, 0.6) is 0 Å². The minimum atomic E-state index is 0.698. The van der Waals surface area contributed by atoms with Gasteiger partial charge >= 0.3 is 0 Å². The molecule has 3 nitrogen and oxygen atoms in total. The SMILES string of the molecule is CNc1nc(C)c(C=O)s1. The van der Waals surface area contributed by atoms with E-state index in [0.29, 0.717) is 4.88 Å². The van der Waals surface area contributed by atoms with E-state index in [9.17, 15) is 4.79 Å². The van der Waals surface area contributed by atoms with Gasteiger partial charge in [0.25, 0.3) is 0 Å². The highest BCUT2D eigenvalue weighted by molar-refractivity contribution is 7.17. The van der Waals surface area contributed by atoms with Gasteiger partial charge in [-0.05, 0) is 6.92 Å². The lowest BCUT2D eigenvalue weighted by Gasteiger charge is -1.85. The van der Waals surface area contributed by atoms with Crippen LogP contribution in [0.25, 0.3) is 0 Å². The maximum Gasteiger partial charge on any atom is 0.183 e. The van der Waals surface area contributed by atoms with Gasteiger partial charge in [0.1, 0.15) is 0 Å². The van der Waals surface area contributed by atoms with Gasteiger partial charge in [-0.1, -0.05) is 11.3 Å². The molecule has 1 aromatic rings. The third kappa shape index (κ3) is 1.16. The van der Waals surface area contributed by atoms with Crippen molar-refractivity contribution < 1.29 is 4.79 Å². The Bertz CT molecular complexity index is 244. The van der Waals surface area contributed by atoms with Crippen molar-refractivity contribution in [2.75, 3.05) is 12.4 Å². The quantitative estimate of drug-likeness (QED) is 0.656. The van der Waals surface area contributed by atoms with Crippen LogP contribution in [0.2, 0.25) is 0 Å². The Labute approximate surface area is 63.1 Å². The summed E-state index contributed by atoms with van der Waals surface area (Å²) in [4.78, 5) is 15.1. The van der Waals surface area contributed by atoms with Gasteiger partial charge in [0.15, 0.2) is 11.4 Å². The molecule has 0 amide bonds. The first-order valence-electron chi connectivity index (χ1n) is 2.88.